The molecule has 0 rings (SSSR count). The summed E-state index contributed by atoms with van der Waals surface area (Å²) in [4.78, 5) is 38.3. The van der Waals surface area contributed by atoms with E-state index in [1.54, 1.807) is 0 Å². The fourth-order valence-electron chi connectivity index (χ4n) is 9.10. The van der Waals surface area contributed by atoms with Gasteiger partial charge in [0.15, 0.2) is 6.10 Å². The lowest BCUT2D eigenvalue weighted by molar-refractivity contribution is -0.167. The van der Waals surface area contributed by atoms with Crippen molar-refractivity contribution in [2.24, 2.45) is 0 Å². The number of rotatable bonds is 60. The van der Waals surface area contributed by atoms with Crippen molar-refractivity contribution in [3.05, 3.63) is 146 Å². The van der Waals surface area contributed by atoms with Gasteiger partial charge in [0.1, 0.15) is 13.2 Å². The van der Waals surface area contributed by atoms with Gasteiger partial charge >= 0.3 is 17.9 Å². The molecule has 0 aliphatic carbocycles. The van der Waals surface area contributed by atoms with Crippen LogP contribution in [0.1, 0.15) is 297 Å². The number of hydrogen-bond donors (Lipinski definition) is 0. The van der Waals surface area contributed by atoms with E-state index in [1.165, 1.54) is 122 Å². The fraction of sp³-hybridized carbons (Fsp3) is 0.645. The number of carbonyl (C=O) groups excluding carboxylic acids is 3. The van der Waals surface area contributed by atoms with Crippen LogP contribution in [0.2, 0.25) is 0 Å². The Labute approximate surface area is 506 Å². The minimum atomic E-state index is -0.801. The normalized spacial score (nSPS) is 13.1. The third-order valence-electron chi connectivity index (χ3n) is 14.1. The highest BCUT2D eigenvalue weighted by molar-refractivity contribution is 5.71. The number of ether oxygens (including phenoxy) is 3. The molecule has 0 saturated heterocycles. The first kappa shape index (κ1) is 77.3. The van der Waals surface area contributed by atoms with Gasteiger partial charge in [-0.3, -0.25) is 14.4 Å². The second-order valence-electron chi connectivity index (χ2n) is 22.0. The quantitative estimate of drug-likeness (QED) is 0.0261. The van der Waals surface area contributed by atoms with Gasteiger partial charge in [0, 0.05) is 19.3 Å². The highest BCUT2D eigenvalue weighted by Gasteiger charge is 2.19. The van der Waals surface area contributed by atoms with Gasteiger partial charge in [-0.15, -0.1) is 0 Å². The summed E-state index contributed by atoms with van der Waals surface area (Å²) in [5.41, 5.74) is 0. The zero-order chi connectivity index (χ0) is 59.2. The molecule has 0 radical (unpaired) electrons. The summed E-state index contributed by atoms with van der Waals surface area (Å²) in [5, 5.41) is 0. The summed E-state index contributed by atoms with van der Waals surface area (Å²) in [6.07, 6.45) is 98.7. The van der Waals surface area contributed by atoms with Crippen LogP contribution in [0.3, 0.4) is 0 Å². The number of carbonyl (C=O) groups is 3. The van der Waals surface area contributed by atoms with Crippen molar-refractivity contribution in [2.75, 3.05) is 13.2 Å². The molecule has 0 N–H and O–H groups in total. The lowest BCUT2D eigenvalue weighted by atomic mass is 10.0. The Hall–Kier alpha value is -4.71. The Morgan fingerprint density at radius 2 is 0.476 bits per heavy atom. The Balaban J connectivity index is 4.32. The lowest BCUT2D eigenvalue weighted by Crippen LogP contribution is -2.30. The van der Waals surface area contributed by atoms with Gasteiger partial charge < -0.3 is 14.2 Å². The highest BCUT2D eigenvalue weighted by Crippen LogP contribution is 2.16. The van der Waals surface area contributed by atoms with E-state index in [0.29, 0.717) is 19.3 Å². The van der Waals surface area contributed by atoms with Crippen LogP contribution in [0.4, 0.5) is 0 Å². The molecule has 0 bridgehead atoms. The predicted octanol–water partition coefficient (Wildman–Crippen LogP) is 23.5. The van der Waals surface area contributed by atoms with E-state index in [1.807, 2.05) is 0 Å². The fourth-order valence-corrected chi connectivity index (χ4v) is 9.10. The van der Waals surface area contributed by atoms with Crippen molar-refractivity contribution in [1.29, 1.82) is 0 Å². The molecule has 464 valence electrons. The molecule has 0 heterocycles. The zero-order valence-corrected chi connectivity index (χ0v) is 53.2. The Morgan fingerprint density at radius 3 is 0.768 bits per heavy atom. The van der Waals surface area contributed by atoms with Crippen LogP contribution in [0, 0.1) is 0 Å². The van der Waals surface area contributed by atoms with Crippen LogP contribution in [0.25, 0.3) is 0 Å². The number of esters is 3. The molecule has 1 unspecified atom stereocenters. The molecule has 1 atom stereocenters. The Bertz CT molecular complexity index is 1780. The largest absolute Gasteiger partial charge is 0.462 e. The monoisotopic (exact) mass is 1130 g/mol. The maximum absolute atomic E-state index is 12.9. The van der Waals surface area contributed by atoms with Gasteiger partial charge in [0.05, 0.1) is 0 Å². The number of unbranched alkanes of at least 4 members (excludes halogenated alkanes) is 25. The average Bonchev–Trinajstić information content (AvgIpc) is 3.48. The molecule has 0 aromatic rings. The minimum absolute atomic E-state index is 0.0938. The molecule has 0 spiro atoms. The standard InChI is InChI=1S/C76H124O6/c1-4-7-10-13-16-19-22-24-26-28-30-32-34-36-38-40-42-44-46-48-50-52-54-57-60-63-66-69-75(78)81-72-73(71-80-74(77)68-65-62-59-56-21-18-15-12-9-6-3)82-76(79)70-67-64-61-58-55-53-51-49-47-45-43-41-39-37-35-33-31-29-27-25-23-20-17-14-11-8-5-2/h7-8,10-11,16-17,19-20,24-27,30-33,36,38,42,44,48,50,54,57,73H,4-6,9,12-15,18,21-23,28-29,34-35,37,39-41,43,45-47,49,51-53,55-56,58-72H2,1-3H3/b10-7-,11-8-,19-16-,20-17-,26-24-,27-25-,32-30-,33-31-,38-36-,44-42-,50-48-,57-54-. The number of allylic oxidation sites excluding steroid dienone is 24. The summed E-state index contributed by atoms with van der Waals surface area (Å²) in [7, 11) is 0. The summed E-state index contributed by atoms with van der Waals surface area (Å²) < 4.78 is 16.9. The molecular weight excluding hydrogens is 1010 g/mol. The average molecular weight is 1130 g/mol. The summed E-state index contributed by atoms with van der Waals surface area (Å²) >= 11 is 0. The van der Waals surface area contributed by atoms with Gasteiger partial charge in [-0.25, -0.2) is 0 Å². The lowest BCUT2D eigenvalue weighted by Gasteiger charge is -2.18. The first-order valence-corrected chi connectivity index (χ1v) is 33.8. The third kappa shape index (κ3) is 66.1. The molecule has 0 fully saturated rings. The maximum Gasteiger partial charge on any atom is 0.306 e. The van der Waals surface area contributed by atoms with E-state index in [-0.39, 0.29) is 31.1 Å². The Kier molecular flexibility index (Phi) is 64.8. The molecule has 0 saturated carbocycles. The third-order valence-corrected chi connectivity index (χ3v) is 14.1. The smallest absolute Gasteiger partial charge is 0.306 e. The summed E-state index contributed by atoms with van der Waals surface area (Å²) in [6, 6.07) is 0. The highest BCUT2D eigenvalue weighted by atomic mass is 16.6. The van der Waals surface area contributed by atoms with Gasteiger partial charge in [-0.05, 0) is 122 Å². The van der Waals surface area contributed by atoms with Gasteiger partial charge in [-0.1, -0.05) is 301 Å². The van der Waals surface area contributed by atoms with Crippen molar-refractivity contribution in [3.63, 3.8) is 0 Å². The van der Waals surface area contributed by atoms with Crippen molar-refractivity contribution >= 4 is 17.9 Å². The van der Waals surface area contributed by atoms with E-state index >= 15 is 0 Å². The van der Waals surface area contributed by atoms with E-state index in [2.05, 4.69) is 167 Å². The van der Waals surface area contributed by atoms with Crippen molar-refractivity contribution in [1.82, 2.24) is 0 Å². The first-order chi connectivity index (χ1) is 40.5. The SMILES string of the molecule is CC/C=C\C/C=C\C/C=C\C/C=C\C/C=C\C/C=C\C/C=C\C/C=C\CCCCC(=O)OCC(COC(=O)CCCCCCCCCCCC)OC(=O)CCCCCCCCCCCCCCCC/C=C\C/C=C\C/C=C\C/C=C\CC. The first-order valence-electron chi connectivity index (χ1n) is 33.8. The van der Waals surface area contributed by atoms with Crippen LogP contribution in [0.15, 0.2) is 146 Å². The van der Waals surface area contributed by atoms with Crippen molar-refractivity contribution in [2.45, 2.75) is 303 Å². The molecule has 0 aromatic heterocycles. The molecule has 0 amide bonds. The van der Waals surface area contributed by atoms with Crippen LogP contribution < -0.4 is 0 Å². The minimum Gasteiger partial charge on any atom is -0.462 e. The molecular formula is C76H124O6. The van der Waals surface area contributed by atoms with Gasteiger partial charge in [-0.2, -0.15) is 0 Å². The zero-order valence-electron chi connectivity index (χ0n) is 53.2. The van der Waals surface area contributed by atoms with Crippen LogP contribution in [-0.2, 0) is 28.6 Å². The topological polar surface area (TPSA) is 78.9 Å². The summed E-state index contributed by atoms with van der Waals surface area (Å²) in [6.45, 7) is 6.38. The molecule has 6 nitrogen and oxygen atoms in total. The van der Waals surface area contributed by atoms with E-state index in [0.717, 1.165) is 135 Å². The number of hydrogen-bond acceptors (Lipinski definition) is 6. The van der Waals surface area contributed by atoms with Gasteiger partial charge in [0.25, 0.3) is 0 Å². The molecule has 0 aliphatic rings. The summed E-state index contributed by atoms with van der Waals surface area (Å²) in [5.74, 6) is -0.938. The van der Waals surface area contributed by atoms with Crippen LogP contribution >= 0.6 is 0 Å². The molecule has 6 heteroatoms. The van der Waals surface area contributed by atoms with Crippen LogP contribution in [-0.4, -0.2) is 37.2 Å². The van der Waals surface area contributed by atoms with E-state index in [9.17, 15) is 14.4 Å². The maximum atomic E-state index is 12.9. The second-order valence-corrected chi connectivity index (χ2v) is 22.0. The second kappa shape index (κ2) is 68.8. The van der Waals surface area contributed by atoms with Crippen molar-refractivity contribution in [3.8, 4) is 0 Å². The van der Waals surface area contributed by atoms with E-state index < -0.39 is 6.10 Å². The molecule has 82 heavy (non-hydrogen) atoms. The van der Waals surface area contributed by atoms with Gasteiger partial charge in [0.2, 0.25) is 0 Å². The van der Waals surface area contributed by atoms with E-state index in [4.69, 9.17) is 14.2 Å². The Morgan fingerprint density at radius 1 is 0.256 bits per heavy atom. The van der Waals surface area contributed by atoms with Crippen molar-refractivity contribution < 1.29 is 28.6 Å². The molecule has 0 aliphatic heterocycles. The predicted molar refractivity (Wildman–Crippen MR) is 357 cm³/mol. The molecule has 0 aromatic carbocycles. The van der Waals surface area contributed by atoms with Crippen LogP contribution in [0.5, 0.6) is 0 Å².